The molecule has 1 aromatic heterocycles. The topological polar surface area (TPSA) is 89.0 Å². The summed E-state index contributed by atoms with van der Waals surface area (Å²) in [5, 5.41) is 11.6. The van der Waals surface area contributed by atoms with Crippen LogP contribution in [0.25, 0.3) is 16.0 Å². The highest BCUT2D eigenvalue weighted by Crippen LogP contribution is 2.46. The van der Waals surface area contributed by atoms with Crippen LogP contribution in [-0.4, -0.2) is 36.0 Å². The van der Waals surface area contributed by atoms with Gasteiger partial charge < -0.3 is 14.6 Å². The Labute approximate surface area is 212 Å². The van der Waals surface area contributed by atoms with Crippen molar-refractivity contribution in [2.75, 3.05) is 19.1 Å². The molecule has 1 amide bonds. The van der Waals surface area contributed by atoms with Gasteiger partial charge in [-0.1, -0.05) is 53.8 Å². The molecular formula is C28H24N2O5S. The normalized spacial score (nSPS) is 17.1. The predicted octanol–water partition coefficient (Wildman–Crippen LogP) is 5.56. The first-order valence-electron chi connectivity index (χ1n) is 11.3. The number of carbonyl (C=O) groups excluding carboxylic acids is 2. The first-order chi connectivity index (χ1) is 17.3. The number of aryl methyl sites for hydroxylation is 2. The fraction of sp³-hybridized carbons (Fsp3) is 0.179. The maximum absolute atomic E-state index is 13.5. The van der Waals surface area contributed by atoms with E-state index >= 15 is 0 Å². The van der Waals surface area contributed by atoms with Gasteiger partial charge >= 0.3 is 5.91 Å². The van der Waals surface area contributed by atoms with E-state index in [0.29, 0.717) is 27.8 Å². The third-order valence-electron chi connectivity index (χ3n) is 6.24. The Morgan fingerprint density at radius 1 is 0.972 bits per heavy atom. The Balaban J connectivity index is 1.76. The molecule has 1 N–H and O–H groups in total. The van der Waals surface area contributed by atoms with Crippen LogP contribution in [-0.2, 0) is 9.59 Å². The van der Waals surface area contributed by atoms with Gasteiger partial charge in [-0.15, -0.1) is 0 Å². The minimum Gasteiger partial charge on any atom is -0.507 e. The molecule has 1 atom stereocenters. The van der Waals surface area contributed by atoms with Gasteiger partial charge in [0.2, 0.25) is 0 Å². The maximum atomic E-state index is 13.5. The quantitative estimate of drug-likeness (QED) is 0.219. The molecular weight excluding hydrogens is 476 g/mol. The molecule has 8 heteroatoms. The maximum Gasteiger partial charge on any atom is 0.301 e. The molecule has 0 spiro atoms. The second kappa shape index (κ2) is 9.13. The van der Waals surface area contributed by atoms with Gasteiger partial charge in [-0.3, -0.25) is 14.5 Å². The van der Waals surface area contributed by atoms with E-state index in [9.17, 15) is 14.7 Å². The Kier molecular flexibility index (Phi) is 5.97. The van der Waals surface area contributed by atoms with E-state index in [4.69, 9.17) is 14.5 Å². The number of thiazole rings is 1. The highest BCUT2D eigenvalue weighted by molar-refractivity contribution is 7.22. The molecule has 182 valence electrons. The van der Waals surface area contributed by atoms with Crippen molar-refractivity contribution >= 4 is 44.1 Å². The minimum absolute atomic E-state index is 0.00872. The number of rotatable bonds is 5. The molecule has 1 saturated heterocycles. The number of carbonyl (C=O) groups is 2. The van der Waals surface area contributed by atoms with Gasteiger partial charge in [0.1, 0.15) is 5.76 Å². The van der Waals surface area contributed by atoms with Crippen LogP contribution in [0.3, 0.4) is 0 Å². The Bertz CT molecular complexity index is 1540. The summed E-state index contributed by atoms with van der Waals surface area (Å²) in [5.41, 5.74) is 3.85. The molecule has 1 fully saturated rings. The van der Waals surface area contributed by atoms with Crippen LogP contribution in [0.1, 0.15) is 28.3 Å². The largest absolute Gasteiger partial charge is 0.507 e. The lowest BCUT2D eigenvalue weighted by atomic mass is 9.95. The average molecular weight is 501 g/mol. The number of methoxy groups -OCH3 is 2. The number of amides is 1. The molecule has 0 bridgehead atoms. The average Bonchev–Trinajstić information content (AvgIpc) is 3.42. The number of aliphatic hydroxyl groups is 1. The molecule has 0 aliphatic carbocycles. The highest BCUT2D eigenvalue weighted by Gasteiger charge is 2.48. The van der Waals surface area contributed by atoms with E-state index in [1.54, 1.807) is 42.5 Å². The third-order valence-corrected chi connectivity index (χ3v) is 7.24. The first-order valence-corrected chi connectivity index (χ1v) is 12.1. The molecule has 2 heterocycles. The molecule has 0 unspecified atom stereocenters. The Morgan fingerprint density at radius 2 is 1.69 bits per heavy atom. The van der Waals surface area contributed by atoms with Crippen molar-refractivity contribution in [3.8, 4) is 11.5 Å². The van der Waals surface area contributed by atoms with Gasteiger partial charge in [-0.25, -0.2) is 4.98 Å². The van der Waals surface area contributed by atoms with E-state index in [0.717, 1.165) is 21.3 Å². The van der Waals surface area contributed by atoms with Crippen molar-refractivity contribution in [1.29, 1.82) is 0 Å². The summed E-state index contributed by atoms with van der Waals surface area (Å²) in [7, 11) is 3.05. The summed E-state index contributed by atoms with van der Waals surface area (Å²) in [6, 6.07) is 17.0. The van der Waals surface area contributed by atoms with Crippen LogP contribution in [0.5, 0.6) is 11.5 Å². The predicted molar refractivity (Wildman–Crippen MR) is 140 cm³/mol. The second-order valence-electron chi connectivity index (χ2n) is 8.57. The minimum atomic E-state index is -0.910. The number of ether oxygens (including phenoxy) is 2. The van der Waals surface area contributed by atoms with Crippen LogP contribution in [0.4, 0.5) is 5.13 Å². The summed E-state index contributed by atoms with van der Waals surface area (Å²) in [6.07, 6.45) is 0. The van der Waals surface area contributed by atoms with Gasteiger partial charge in [-0.05, 0) is 48.7 Å². The number of aromatic nitrogens is 1. The van der Waals surface area contributed by atoms with E-state index in [-0.39, 0.29) is 11.3 Å². The van der Waals surface area contributed by atoms with Gasteiger partial charge in [0, 0.05) is 5.56 Å². The number of fused-ring (bicyclic) bond motifs is 1. The SMILES string of the molecule is COc1ccc([C@H]2C(=C(O)c3ccccc3)C(=O)C(=O)N2c2nc3c(C)cc(C)cc3s2)cc1OC. The summed E-state index contributed by atoms with van der Waals surface area (Å²) >= 11 is 1.34. The molecule has 0 radical (unpaired) electrons. The molecule has 1 aliphatic heterocycles. The Hall–Kier alpha value is -4.17. The first kappa shape index (κ1) is 23.6. The highest BCUT2D eigenvalue weighted by atomic mass is 32.1. The van der Waals surface area contributed by atoms with Crippen molar-refractivity contribution in [3.05, 3.63) is 88.5 Å². The molecule has 1 aliphatic rings. The van der Waals surface area contributed by atoms with Crippen molar-refractivity contribution in [2.24, 2.45) is 0 Å². The lowest BCUT2D eigenvalue weighted by Crippen LogP contribution is -2.29. The van der Waals surface area contributed by atoms with Crippen molar-refractivity contribution in [3.63, 3.8) is 0 Å². The van der Waals surface area contributed by atoms with Crippen LogP contribution in [0, 0.1) is 13.8 Å². The van der Waals surface area contributed by atoms with Crippen LogP contribution >= 0.6 is 11.3 Å². The van der Waals surface area contributed by atoms with Gasteiger partial charge in [0.25, 0.3) is 5.78 Å². The third kappa shape index (κ3) is 3.79. The number of aliphatic hydroxyl groups excluding tert-OH is 1. The number of anilines is 1. The van der Waals surface area contributed by atoms with E-state index in [1.165, 1.54) is 30.5 Å². The monoisotopic (exact) mass is 500 g/mol. The van der Waals surface area contributed by atoms with E-state index in [1.807, 2.05) is 32.0 Å². The molecule has 0 saturated carbocycles. The number of hydrogen-bond donors (Lipinski definition) is 1. The second-order valence-corrected chi connectivity index (χ2v) is 9.58. The molecule has 4 aromatic rings. The molecule has 5 rings (SSSR count). The van der Waals surface area contributed by atoms with E-state index < -0.39 is 17.7 Å². The van der Waals surface area contributed by atoms with Crippen LogP contribution in [0.15, 0.2) is 66.2 Å². The van der Waals surface area contributed by atoms with Gasteiger partial charge in [0.05, 0.1) is 36.1 Å². The van der Waals surface area contributed by atoms with Crippen LogP contribution in [0.2, 0.25) is 0 Å². The van der Waals surface area contributed by atoms with Crippen LogP contribution < -0.4 is 14.4 Å². The zero-order valence-corrected chi connectivity index (χ0v) is 21.1. The lowest BCUT2D eigenvalue weighted by Gasteiger charge is -2.23. The zero-order valence-electron chi connectivity index (χ0n) is 20.2. The number of benzene rings is 3. The van der Waals surface area contributed by atoms with Crippen molar-refractivity contribution in [2.45, 2.75) is 19.9 Å². The Morgan fingerprint density at radius 3 is 2.39 bits per heavy atom. The van der Waals surface area contributed by atoms with Crippen molar-refractivity contribution < 1.29 is 24.2 Å². The van der Waals surface area contributed by atoms with Gasteiger partial charge in [0.15, 0.2) is 16.6 Å². The summed E-state index contributed by atoms with van der Waals surface area (Å²) < 4.78 is 11.8. The number of Topliss-reactive ketones (excluding diaryl/α,β-unsaturated/α-hetero) is 1. The molecule has 7 nitrogen and oxygen atoms in total. The van der Waals surface area contributed by atoms with Crippen molar-refractivity contribution in [1.82, 2.24) is 4.98 Å². The van der Waals surface area contributed by atoms with E-state index in [2.05, 4.69) is 0 Å². The zero-order chi connectivity index (χ0) is 25.6. The fourth-order valence-corrected chi connectivity index (χ4v) is 5.75. The summed E-state index contributed by atoms with van der Waals surface area (Å²) in [4.78, 5) is 33.0. The molecule has 3 aromatic carbocycles. The lowest BCUT2D eigenvalue weighted by molar-refractivity contribution is -0.132. The molecule has 36 heavy (non-hydrogen) atoms. The number of ketones is 1. The van der Waals surface area contributed by atoms with Gasteiger partial charge in [-0.2, -0.15) is 0 Å². The fourth-order valence-electron chi connectivity index (χ4n) is 4.58. The smallest absolute Gasteiger partial charge is 0.301 e. The number of hydrogen-bond acceptors (Lipinski definition) is 7. The summed E-state index contributed by atoms with van der Waals surface area (Å²) in [6.45, 7) is 3.97. The standard InChI is InChI=1S/C28H24N2O5S/c1-15-12-16(2)23-21(13-15)36-28(29-23)30-24(18-10-11-19(34-3)20(14-18)35-4)22(26(32)27(30)33)25(31)17-8-6-5-7-9-17/h5-14,24,31H,1-4H3/t24-/m0/s1. The number of nitrogens with zero attached hydrogens (tertiary/aromatic N) is 2. The summed E-state index contributed by atoms with van der Waals surface area (Å²) in [5.74, 6) is -0.822.